The van der Waals surface area contributed by atoms with Crippen molar-refractivity contribution in [3.63, 3.8) is 0 Å². The van der Waals surface area contributed by atoms with Crippen molar-refractivity contribution < 1.29 is 18.3 Å². The molecule has 17 heavy (non-hydrogen) atoms. The summed E-state index contributed by atoms with van der Waals surface area (Å²) in [6.07, 6.45) is 0. The highest BCUT2D eigenvalue weighted by atomic mass is 127. The second-order valence-electron chi connectivity index (χ2n) is 3.55. The molecule has 0 heterocycles. The monoisotopic (exact) mass is 369 g/mol. The average Bonchev–Trinajstić information content (AvgIpc) is 2.26. The van der Waals surface area contributed by atoms with Gasteiger partial charge in [-0.1, -0.05) is 6.92 Å². The lowest BCUT2D eigenvalue weighted by molar-refractivity contribution is -0.140. The predicted octanol–water partition coefficient (Wildman–Crippen LogP) is 1.29. The van der Waals surface area contributed by atoms with Crippen molar-refractivity contribution in [1.29, 1.82) is 0 Å². The highest BCUT2D eigenvalue weighted by Crippen LogP contribution is 2.12. The quantitative estimate of drug-likeness (QED) is 0.767. The van der Waals surface area contributed by atoms with Gasteiger partial charge in [0.1, 0.15) is 0 Å². The van der Waals surface area contributed by atoms with Crippen LogP contribution in [0.5, 0.6) is 0 Å². The number of sulfonamides is 1. The minimum absolute atomic E-state index is 0.121. The van der Waals surface area contributed by atoms with E-state index in [0.717, 1.165) is 3.57 Å². The molecule has 0 saturated heterocycles. The number of halogens is 1. The number of carboxylic acid groups (broad SMARTS) is 1. The van der Waals surface area contributed by atoms with Crippen molar-refractivity contribution in [3.8, 4) is 0 Å². The Morgan fingerprint density at radius 3 is 2.41 bits per heavy atom. The van der Waals surface area contributed by atoms with E-state index in [-0.39, 0.29) is 11.4 Å². The van der Waals surface area contributed by atoms with Gasteiger partial charge in [-0.25, -0.2) is 13.1 Å². The Morgan fingerprint density at radius 1 is 1.41 bits per heavy atom. The Bertz CT molecular complexity index is 498. The van der Waals surface area contributed by atoms with Crippen LogP contribution in [-0.2, 0) is 14.8 Å². The summed E-state index contributed by atoms with van der Waals surface area (Å²) < 4.78 is 26.7. The first-order valence-electron chi connectivity index (χ1n) is 4.81. The molecule has 0 radical (unpaired) electrons. The van der Waals surface area contributed by atoms with Crippen LogP contribution >= 0.6 is 22.6 Å². The zero-order valence-corrected chi connectivity index (χ0v) is 12.0. The average molecular weight is 369 g/mol. The van der Waals surface area contributed by atoms with Crippen molar-refractivity contribution in [2.45, 2.75) is 11.8 Å². The largest absolute Gasteiger partial charge is 0.481 e. The number of hydrogen-bond donors (Lipinski definition) is 2. The predicted molar refractivity (Wildman–Crippen MR) is 71.1 cm³/mol. The number of carbonyl (C=O) groups is 1. The van der Waals surface area contributed by atoms with Crippen molar-refractivity contribution in [3.05, 3.63) is 27.8 Å². The summed E-state index contributed by atoms with van der Waals surface area (Å²) in [6, 6.07) is 6.32. The maximum Gasteiger partial charge on any atom is 0.307 e. The molecule has 94 valence electrons. The van der Waals surface area contributed by atoms with E-state index in [1.165, 1.54) is 19.1 Å². The van der Waals surface area contributed by atoms with Crippen LogP contribution in [-0.4, -0.2) is 26.0 Å². The number of carboxylic acids is 1. The lowest BCUT2D eigenvalue weighted by atomic mass is 10.2. The molecule has 1 unspecified atom stereocenters. The molecule has 1 aromatic rings. The van der Waals surface area contributed by atoms with Crippen LogP contribution in [0.3, 0.4) is 0 Å². The van der Waals surface area contributed by atoms with Crippen molar-refractivity contribution >= 4 is 38.6 Å². The summed E-state index contributed by atoms with van der Waals surface area (Å²) in [6.45, 7) is 1.32. The molecular formula is C10H12INO4S. The van der Waals surface area contributed by atoms with Gasteiger partial charge in [-0.05, 0) is 46.9 Å². The van der Waals surface area contributed by atoms with E-state index in [9.17, 15) is 13.2 Å². The summed E-state index contributed by atoms with van der Waals surface area (Å²) in [7, 11) is -3.62. The van der Waals surface area contributed by atoms with Gasteiger partial charge in [0.15, 0.2) is 0 Å². The summed E-state index contributed by atoms with van der Waals surface area (Å²) in [5, 5.41) is 8.65. The SMILES string of the molecule is CC(CNS(=O)(=O)c1ccc(I)cc1)C(=O)O. The molecule has 2 N–H and O–H groups in total. The van der Waals surface area contributed by atoms with Crippen LogP contribution < -0.4 is 4.72 Å². The Hall–Kier alpha value is -0.670. The molecule has 1 aromatic carbocycles. The van der Waals surface area contributed by atoms with Crippen LogP contribution in [0, 0.1) is 9.49 Å². The first kappa shape index (κ1) is 14.4. The van der Waals surface area contributed by atoms with E-state index in [4.69, 9.17) is 5.11 Å². The summed E-state index contributed by atoms with van der Waals surface area (Å²) in [5.74, 6) is -1.79. The lowest BCUT2D eigenvalue weighted by Crippen LogP contribution is -2.31. The van der Waals surface area contributed by atoms with Gasteiger partial charge in [-0.3, -0.25) is 4.79 Å². The van der Waals surface area contributed by atoms with Gasteiger partial charge in [0.2, 0.25) is 10.0 Å². The normalized spacial score (nSPS) is 13.3. The standard InChI is InChI=1S/C10H12INO4S/c1-7(10(13)14)6-12-17(15,16)9-4-2-8(11)3-5-9/h2-5,7,12H,6H2,1H3,(H,13,14). The highest BCUT2D eigenvalue weighted by Gasteiger charge is 2.17. The van der Waals surface area contributed by atoms with Gasteiger partial charge in [-0.2, -0.15) is 0 Å². The zero-order chi connectivity index (χ0) is 13.1. The van der Waals surface area contributed by atoms with Gasteiger partial charge in [-0.15, -0.1) is 0 Å². The second-order valence-corrected chi connectivity index (χ2v) is 6.56. The third-order valence-corrected chi connectivity index (χ3v) is 4.28. The topological polar surface area (TPSA) is 83.5 Å². The zero-order valence-electron chi connectivity index (χ0n) is 9.05. The smallest absolute Gasteiger partial charge is 0.307 e. The molecule has 5 nitrogen and oxygen atoms in total. The van der Waals surface area contributed by atoms with E-state index in [2.05, 4.69) is 27.3 Å². The fourth-order valence-corrected chi connectivity index (χ4v) is 2.51. The Kier molecular flexibility index (Phi) is 4.90. The molecule has 0 aliphatic rings. The van der Waals surface area contributed by atoms with Crippen LogP contribution in [0.15, 0.2) is 29.2 Å². The number of benzene rings is 1. The molecule has 0 saturated carbocycles. The van der Waals surface area contributed by atoms with Crippen molar-refractivity contribution in [2.24, 2.45) is 5.92 Å². The van der Waals surface area contributed by atoms with E-state index in [1.807, 2.05) is 0 Å². The molecule has 0 fully saturated rings. The molecule has 0 bridgehead atoms. The highest BCUT2D eigenvalue weighted by molar-refractivity contribution is 14.1. The third-order valence-electron chi connectivity index (χ3n) is 2.13. The van der Waals surface area contributed by atoms with Gasteiger partial charge in [0.25, 0.3) is 0 Å². The summed E-state index contributed by atoms with van der Waals surface area (Å²) in [4.78, 5) is 10.7. The molecule has 1 atom stereocenters. The third kappa shape index (κ3) is 4.25. The minimum Gasteiger partial charge on any atom is -0.481 e. The number of rotatable bonds is 5. The molecule has 1 rings (SSSR count). The minimum atomic E-state index is -3.62. The molecule has 0 amide bonds. The second kappa shape index (κ2) is 5.78. The fourth-order valence-electron chi connectivity index (χ4n) is 1.02. The van der Waals surface area contributed by atoms with Crippen molar-refractivity contribution in [2.75, 3.05) is 6.54 Å². The van der Waals surface area contributed by atoms with Gasteiger partial charge in [0.05, 0.1) is 10.8 Å². The van der Waals surface area contributed by atoms with Crippen molar-refractivity contribution in [1.82, 2.24) is 4.72 Å². The molecule has 0 aromatic heterocycles. The Balaban J connectivity index is 2.76. The molecular weight excluding hydrogens is 357 g/mol. The van der Waals surface area contributed by atoms with E-state index in [0.29, 0.717) is 0 Å². The summed E-state index contributed by atoms with van der Waals surface area (Å²) >= 11 is 2.07. The van der Waals surface area contributed by atoms with Gasteiger partial charge >= 0.3 is 5.97 Å². The number of hydrogen-bond acceptors (Lipinski definition) is 3. The first-order chi connectivity index (χ1) is 7.83. The maximum atomic E-state index is 11.8. The summed E-state index contributed by atoms with van der Waals surface area (Å²) in [5.41, 5.74) is 0. The number of aliphatic carboxylic acids is 1. The van der Waals surface area contributed by atoms with Gasteiger partial charge < -0.3 is 5.11 Å². The first-order valence-corrected chi connectivity index (χ1v) is 7.37. The van der Waals surface area contributed by atoms with Gasteiger partial charge in [0, 0.05) is 10.1 Å². The van der Waals surface area contributed by atoms with E-state index < -0.39 is 21.9 Å². The van der Waals surface area contributed by atoms with E-state index >= 15 is 0 Å². The maximum absolute atomic E-state index is 11.8. The van der Waals surface area contributed by atoms with Crippen LogP contribution in [0.1, 0.15) is 6.92 Å². The van der Waals surface area contributed by atoms with Crippen LogP contribution in [0.4, 0.5) is 0 Å². The molecule has 0 aliphatic heterocycles. The molecule has 0 aliphatic carbocycles. The molecule has 7 heteroatoms. The Labute approximate surface area is 113 Å². The van der Waals surface area contributed by atoms with Crippen LogP contribution in [0.25, 0.3) is 0 Å². The van der Waals surface area contributed by atoms with Crippen LogP contribution in [0.2, 0.25) is 0 Å². The molecule has 0 spiro atoms. The fraction of sp³-hybridized carbons (Fsp3) is 0.300. The number of nitrogens with one attached hydrogen (secondary N) is 1. The van der Waals surface area contributed by atoms with E-state index in [1.54, 1.807) is 12.1 Å². The Morgan fingerprint density at radius 2 is 1.94 bits per heavy atom. The lowest BCUT2D eigenvalue weighted by Gasteiger charge is -2.09.